The molecule has 1 heterocycles. The van der Waals surface area contributed by atoms with Gasteiger partial charge in [-0.2, -0.15) is 0 Å². The number of esters is 1. The molecular weight excluding hydrogens is 359 g/mol. The van der Waals surface area contributed by atoms with Crippen molar-refractivity contribution in [3.63, 3.8) is 0 Å². The van der Waals surface area contributed by atoms with E-state index in [2.05, 4.69) is 5.32 Å². The smallest absolute Gasteiger partial charge is 0.334 e. The van der Waals surface area contributed by atoms with Gasteiger partial charge < -0.3 is 10.1 Å². The van der Waals surface area contributed by atoms with Crippen LogP contribution < -0.4 is 10.1 Å². The van der Waals surface area contributed by atoms with Crippen molar-refractivity contribution >= 4 is 69.9 Å². The molecule has 1 amide bonds. The molecule has 9 heteroatoms. The minimum Gasteiger partial charge on any atom is -0.422 e. The second-order valence-corrected chi connectivity index (χ2v) is 5.53. The zero-order valence-corrected chi connectivity index (χ0v) is 12.7. The van der Waals surface area contributed by atoms with E-state index in [-0.39, 0.29) is 43.2 Å². The van der Waals surface area contributed by atoms with Crippen molar-refractivity contribution in [2.45, 2.75) is 12.5 Å². The molecule has 4 nitrogen and oxygen atoms in total. The molecule has 1 N–H and O–H groups in total. The molecule has 102 valence electrons. The van der Waals surface area contributed by atoms with Crippen molar-refractivity contribution in [3.05, 3.63) is 25.1 Å². The Morgan fingerprint density at radius 2 is 1.42 bits per heavy atom. The normalized spacial score (nSPS) is 17.7. The first kappa shape index (κ1) is 15.0. The van der Waals surface area contributed by atoms with Crippen LogP contribution in [0.1, 0.15) is 6.42 Å². The second kappa shape index (κ2) is 5.54. The predicted octanol–water partition coefficient (Wildman–Crippen LogP) is 3.75. The van der Waals surface area contributed by atoms with Gasteiger partial charge in [0.05, 0.1) is 21.5 Å². The van der Waals surface area contributed by atoms with Crippen molar-refractivity contribution in [2.75, 3.05) is 0 Å². The van der Waals surface area contributed by atoms with E-state index in [1.54, 1.807) is 0 Å². The zero-order valence-electron chi connectivity index (χ0n) is 8.90. The summed E-state index contributed by atoms with van der Waals surface area (Å²) in [5.74, 6) is -1.14. The third kappa shape index (κ3) is 2.73. The summed E-state index contributed by atoms with van der Waals surface area (Å²) in [6.45, 7) is 0. The molecule has 1 fully saturated rings. The Bertz CT molecular complexity index is 552. The zero-order chi connectivity index (χ0) is 14.3. The highest BCUT2D eigenvalue weighted by Crippen LogP contribution is 2.48. The van der Waals surface area contributed by atoms with Crippen molar-refractivity contribution in [1.82, 2.24) is 5.32 Å². The average molecular weight is 363 g/mol. The summed E-state index contributed by atoms with van der Waals surface area (Å²) < 4.78 is 5.00. The van der Waals surface area contributed by atoms with Gasteiger partial charge in [-0.3, -0.25) is 4.79 Å². The van der Waals surface area contributed by atoms with E-state index in [0.29, 0.717) is 0 Å². The third-order valence-corrected chi connectivity index (χ3v) is 4.62. The average Bonchev–Trinajstić information content (AvgIpc) is 2.35. The van der Waals surface area contributed by atoms with Crippen LogP contribution in [-0.2, 0) is 9.59 Å². The van der Waals surface area contributed by atoms with Gasteiger partial charge in [0, 0.05) is 0 Å². The van der Waals surface area contributed by atoms with Crippen LogP contribution in [0, 0.1) is 0 Å². The summed E-state index contributed by atoms with van der Waals surface area (Å²) in [6, 6.07) is -0.729. The van der Waals surface area contributed by atoms with E-state index in [1.807, 2.05) is 0 Å². The number of rotatable bonds is 2. The van der Waals surface area contributed by atoms with Gasteiger partial charge in [-0.05, 0) is 0 Å². The van der Waals surface area contributed by atoms with E-state index in [0.717, 1.165) is 0 Å². The van der Waals surface area contributed by atoms with Gasteiger partial charge in [-0.1, -0.05) is 58.0 Å². The first-order chi connectivity index (χ1) is 8.82. The number of hydrogen-bond donors (Lipinski definition) is 1. The van der Waals surface area contributed by atoms with E-state index >= 15 is 0 Å². The molecule has 1 saturated heterocycles. The Labute approximate surface area is 132 Å². The lowest BCUT2D eigenvalue weighted by Crippen LogP contribution is -2.54. The van der Waals surface area contributed by atoms with Gasteiger partial charge >= 0.3 is 5.97 Å². The van der Waals surface area contributed by atoms with E-state index in [9.17, 15) is 9.59 Å². The van der Waals surface area contributed by atoms with E-state index in [4.69, 9.17) is 62.7 Å². The fraction of sp³-hybridized carbons (Fsp3) is 0.200. The Morgan fingerprint density at radius 3 is 1.84 bits per heavy atom. The maximum Gasteiger partial charge on any atom is 0.334 e. The molecule has 0 saturated carbocycles. The number of hydrogen-bond acceptors (Lipinski definition) is 3. The molecule has 19 heavy (non-hydrogen) atoms. The van der Waals surface area contributed by atoms with Crippen LogP contribution in [0.5, 0.6) is 5.75 Å². The summed E-state index contributed by atoms with van der Waals surface area (Å²) in [5.41, 5.74) is 0. The SMILES string of the molecule is O=C1CC(C(=O)Oc2c(Cl)c(Cl)c(Cl)c(Cl)c2Cl)N1. The van der Waals surface area contributed by atoms with Gasteiger partial charge in [-0.15, -0.1) is 0 Å². The standard InChI is InChI=1S/C10H4Cl5NO3/c11-4-5(12)7(14)9(8(15)6(4)13)19-10(18)2-1-3(17)16-2/h2H,1H2,(H,16,17). The van der Waals surface area contributed by atoms with Crippen LogP contribution >= 0.6 is 58.0 Å². The lowest BCUT2D eigenvalue weighted by Gasteiger charge is -2.25. The minimum atomic E-state index is -0.729. The monoisotopic (exact) mass is 361 g/mol. The van der Waals surface area contributed by atoms with Gasteiger partial charge in [-0.25, -0.2) is 4.79 Å². The second-order valence-electron chi connectivity index (χ2n) is 3.64. The van der Waals surface area contributed by atoms with Crippen molar-refractivity contribution in [3.8, 4) is 5.75 Å². The molecule has 1 aliphatic rings. The molecule has 1 atom stereocenters. The summed E-state index contributed by atoms with van der Waals surface area (Å²) >= 11 is 29.2. The Morgan fingerprint density at radius 1 is 1.00 bits per heavy atom. The van der Waals surface area contributed by atoms with Crippen LogP contribution in [0.2, 0.25) is 25.1 Å². The number of ether oxygens (including phenoxy) is 1. The first-order valence-corrected chi connectivity index (χ1v) is 6.74. The molecule has 0 aromatic heterocycles. The van der Waals surface area contributed by atoms with Gasteiger partial charge in [0.25, 0.3) is 0 Å². The van der Waals surface area contributed by atoms with Gasteiger partial charge in [0.15, 0.2) is 5.75 Å². The van der Waals surface area contributed by atoms with Crippen molar-refractivity contribution in [1.29, 1.82) is 0 Å². The number of carbonyl (C=O) groups excluding carboxylic acids is 2. The molecule has 0 aliphatic carbocycles. The molecule has 0 bridgehead atoms. The molecule has 1 aliphatic heterocycles. The third-order valence-electron chi connectivity index (χ3n) is 2.38. The number of benzene rings is 1. The topological polar surface area (TPSA) is 55.4 Å². The Hall–Kier alpha value is -0.390. The molecule has 1 unspecified atom stereocenters. The van der Waals surface area contributed by atoms with Gasteiger partial charge in [0.1, 0.15) is 16.1 Å². The largest absolute Gasteiger partial charge is 0.422 e. The van der Waals surface area contributed by atoms with Gasteiger partial charge in [0.2, 0.25) is 5.91 Å². The molecule has 1 aromatic rings. The fourth-order valence-corrected chi connectivity index (χ4v) is 2.55. The molecule has 0 radical (unpaired) electrons. The Balaban J connectivity index is 2.30. The lowest BCUT2D eigenvalue weighted by molar-refractivity contribution is -0.145. The number of nitrogens with one attached hydrogen (secondary N) is 1. The highest BCUT2D eigenvalue weighted by atomic mass is 35.5. The van der Waals surface area contributed by atoms with E-state index in [1.165, 1.54) is 0 Å². The molecule has 2 rings (SSSR count). The minimum absolute atomic E-state index is 0.0323. The highest BCUT2D eigenvalue weighted by molar-refractivity contribution is 6.55. The van der Waals surface area contributed by atoms with Crippen LogP contribution in [0.4, 0.5) is 0 Å². The van der Waals surface area contributed by atoms with Crippen molar-refractivity contribution < 1.29 is 14.3 Å². The maximum atomic E-state index is 11.7. The van der Waals surface area contributed by atoms with Crippen LogP contribution in [0.3, 0.4) is 0 Å². The molecular formula is C10H4Cl5NO3. The summed E-state index contributed by atoms with van der Waals surface area (Å²) in [5, 5.41) is 1.93. The van der Waals surface area contributed by atoms with Crippen LogP contribution in [0.15, 0.2) is 0 Å². The van der Waals surface area contributed by atoms with Crippen molar-refractivity contribution in [2.24, 2.45) is 0 Å². The number of halogens is 5. The maximum absolute atomic E-state index is 11.7. The number of β-lactam (4-membered cyclic amide) rings is 1. The number of amides is 1. The fourth-order valence-electron chi connectivity index (χ4n) is 1.35. The lowest BCUT2D eigenvalue weighted by atomic mass is 10.1. The molecule has 1 aromatic carbocycles. The molecule has 0 spiro atoms. The first-order valence-electron chi connectivity index (χ1n) is 4.85. The van der Waals surface area contributed by atoms with E-state index < -0.39 is 12.0 Å². The summed E-state index contributed by atoms with van der Waals surface area (Å²) in [4.78, 5) is 22.4. The predicted molar refractivity (Wildman–Crippen MR) is 73.7 cm³/mol. The Kier molecular flexibility index (Phi) is 4.38. The van der Waals surface area contributed by atoms with Crippen LogP contribution in [-0.4, -0.2) is 17.9 Å². The van der Waals surface area contributed by atoms with Crippen LogP contribution in [0.25, 0.3) is 0 Å². The summed E-state index contributed by atoms with van der Waals surface area (Å²) in [7, 11) is 0. The highest BCUT2D eigenvalue weighted by Gasteiger charge is 2.34. The number of carbonyl (C=O) groups is 2. The quantitative estimate of drug-likeness (QED) is 0.286. The summed E-state index contributed by atoms with van der Waals surface area (Å²) in [6.07, 6.45) is 0.0448.